The average Bonchev–Trinajstić information content (AvgIpc) is 2.24. The number of amides is 1. The summed E-state index contributed by atoms with van der Waals surface area (Å²) in [5.74, 6) is -1.63. The fourth-order valence-corrected chi connectivity index (χ4v) is 1.74. The first-order chi connectivity index (χ1) is 8.29. The lowest BCUT2D eigenvalue weighted by Crippen LogP contribution is -2.22. The number of hydrogen-bond acceptors (Lipinski definition) is 5. The average molecular weight is 272 g/mol. The maximum Gasteiger partial charge on any atom is 0.340 e. The van der Waals surface area contributed by atoms with Crippen LogP contribution in [0, 0.1) is 0 Å². The number of primary amides is 1. The van der Waals surface area contributed by atoms with Crippen molar-refractivity contribution in [3.63, 3.8) is 0 Å². The molecule has 0 atom stereocenters. The number of para-hydroxylation sites is 1. The van der Waals surface area contributed by atoms with Crippen LogP contribution in [-0.4, -0.2) is 33.2 Å². The highest BCUT2D eigenvalue weighted by molar-refractivity contribution is 7.92. The van der Waals surface area contributed by atoms with E-state index in [9.17, 15) is 18.0 Å². The quantitative estimate of drug-likeness (QED) is 0.714. The molecule has 0 spiro atoms. The lowest BCUT2D eigenvalue weighted by molar-refractivity contribution is -0.121. The van der Waals surface area contributed by atoms with Gasteiger partial charge in [0.2, 0.25) is 10.0 Å². The summed E-state index contributed by atoms with van der Waals surface area (Å²) in [5.41, 5.74) is 4.91. The van der Waals surface area contributed by atoms with E-state index in [0.29, 0.717) is 0 Å². The van der Waals surface area contributed by atoms with Crippen LogP contribution < -0.4 is 10.5 Å². The van der Waals surface area contributed by atoms with Crippen molar-refractivity contribution in [1.82, 2.24) is 0 Å². The Bertz CT molecular complexity index is 567. The van der Waals surface area contributed by atoms with Gasteiger partial charge in [0.15, 0.2) is 6.61 Å². The maximum atomic E-state index is 11.6. The summed E-state index contributed by atoms with van der Waals surface area (Å²) < 4.78 is 29.0. The van der Waals surface area contributed by atoms with E-state index in [1.54, 1.807) is 6.07 Å². The third-order valence-corrected chi connectivity index (χ3v) is 2.38. The molecule has 0 radical (unpaired) electrons. The van der Waals surface area contributed by atoms with Gasteiger partial charge in [-0.2, -0.15) is 0 Å². The van der Waals surface area contributed by atoms with Crippen molar-refractivity contribution in [1.29, 1.82) is 0 Å². The Morgan fingerprint density at radius 2 is 1.94 bits per heavy atom. The predicted octanol–water partition coefficient (Wildman–Crippen LogP) is -0.300. The van der Waals surface area contributed by atoms with Crippen LogP contribution in [-0.2, 0) is 19.6 Å². The van der Waals surface area contributed by atoms with Gasteiger partial charge in [-0.15, -0.1) is 0 Å². The van der Waals surface area contributed by atoms with E-state index >= 15 is 0 Å². The van der Waals surface area contributed by atoms with Crippen molar-refractivity contribution >= 4 is 27.6 Å². The molecule has 0 fully saturated rings. The van der Waals surface area contributed by atoms with Gasteiger partial charge < -0.3 is 10.5 Å². The van der Waals surface area contributed by atoms with Gasteiger partial charge in [-0.05, 0) is 12.1 Å². The van der Waals surface area contributed by atoms with Crippen LogP contribution in [0.4, 0.5) is 5.69 Å². The van der Waals surface area contributed by atoms with Crippen LogP contribution in [0.1, 0.15) is 10.4 Å². The normalized spacial score (nSPS) is 10.7. The minimum absolute atomic E-state index is 0.00387. The summed E-state index contributed by atoms with van der Waals surface area (Å²) in [6.07, 6.45) is 0.957. The van der Waals surface area contributed by atoms with Gasteiger partial charge in [-0.3, -0.25) is 9.52 Å². The second-order valence-electron chi connectivity index (χ2n) is 3.46. The fraction of sp³-hybridized carbons (Fsp3) is 0.200. The van der Waals surface area contributed by atoms with Gasteiger partial charge >= 0.3 is 5.97 Å². The van der Waals surface area contributed by atoms with Crippen molar-refractivity contribution in [3.05, 3.63) is 29.8 Å². The Morgan fingerprint density at radius 3 is 2.50 bits per heavy atom. The van der Waals surface area contributed by atoms with E-state index in [-0.39, 0.29) is 11.3 Å². The molecule has 18 heavy (non-hydrogen) atoms. The number of esters is 1. The molecule has 0 saturated heterocycles. The first-order valence-corrected chi connectivity index (χ1v) is 6.71. The van der Waals surface area contributed by atoms with E-state index < -0.39 is 28.5 Å². The summed E-state index contributed by atoms with van der Waals surface area (Å²) in [5, 5.41) is 0. The number of ether oxygens (including phenoxy) is 1. The van der Waals surface area contributed by atoms with Crippen LogP contribution >= 0.6 is 0 Å². The summed E-state index contributed by atoms with van der Waals surface area (Å²) in [6.45, 7) is -0.563. The molecular formula is C10H12N2O5S. The van der Waals surface area contributed by atoms with E-state index in [2.05, 4.69) is 9.46 Å². The minimum Gasteiger partial charge on any atom is -0.452 e. The lowest BCUT2D eigenvalue weighted by Gasteiger charge is -2.09. The molecule has 3 N–H and O–H groups in total. The zero-order valence-corrected chi connectivity index (χ0v) is 10.4. The molecule has 0 aliphatic heterocycles. The van der Waals surface area contributed by atoms with Crippen molar-refractivity contribution in [2.75, 3.05) is 17.6 Å². The fourth-order valence-electron chi connectivity index (χ4n) is 1.16. The maximum absolute atomic E-state index is 11.6. The highest BCUT2D eigenvalue weighted by Gasteiger charge is 2.15. The monoisotopic (exact) mass is 272 g/mol. The number of sulfonamides is 1. The first-order valence-electron chi connectivity index (χ1n) is 4.82. The molecule has 98 valence electrons. The molecule has 0 aliphatic rings. The molecule has 0 unspecified atom stereocenters. The lowest BCUT2D eigenvalue weighted by atomic mass is 10.2. The number of carbonyl (C=O) groups is 2. The summed E-state index contributed by atoms with van der Waals surface area (Å²) in [6, 6.07) is 5.87. The number of benzene rings is 1. The Hall–Kier alpha value is -2.09. The summed E-state index contributed by atoms with van der Waals surface area (Å²) in [7, 11) is -3.51. The van der Waals surface area contributed by atoms with E-state index in [1.807, 2.05) is 0 Å². The molecular weight excluding hydrogens is 260 g/mol. The Balaban J connectivity index is 2.94. The van der Waals surface area contributed by atoms with Gasteiger partial charge in [0.1, 0.15) is 0 Å². The number of hydrogen-bond donors (Lipinski definition) is 2. The van der Waals surface area contributed by atoms with Gasteiger partial charge in [0.25, 0.3) is 5.91 Å². The zero-order valence-electron chi connectivity index (χ0n) is 9.54. The molecule has 0 aromatic heterocycles. The molecule has 0 aliphatic carbocycles. The van der Waals surface area contributed by atoms with Crippen LogP contribution in [0.5, 0.6) is 0 Å². The molecule has 0 saturated carbocycles. The number of nitrogens with two attached hydrogens (primary N) is 1. The molecule has 0 bridgehead atoms. The van der Waals surface area contributed by atoms with Crippen molar-refractivity contribution in [3.8, 4) is 0 Å². The Morgan fingerprint density at radius 1 is 1.33 bits per heavy atom. The second kappa shape index (κ2) is 5.50. The Labute approximate surface area is 104 Å². The highest BCUT2D eigenvalue weighted by Crippen LogP contribution is 2.17. The van der Waals surface area contributed by atoms with Gasteiger partial charge in [0.05, 0.1) is 17.5 Å². The van der Waals surface area contributed by atoms with Crippen LogP contribution in [0.2, 0.25) is 0 Å². The van der Waals surface area contributed by atoms with Gasteiger partial charge in [-0.25, -0.2) is 13.2 Å². The van der Waals surface area contributed by atoms with Gasteiger partial charge in [0, 0.05) is 0 Å². The third-order valence-electron chi connectivity index (χ3n) is 1.79. The Kier molecular flexibility index (Phi) is 4.27. The highest BCUT2D eigenvalue weighted by atomic mass is 32.2. The van der Waals surface area contributed by atoms with E-state index in [0.717, 1.165) is 6.26 Å². The third kappa shape index (κ3) is 4.42. The smallest absolute Gasteiger partial charge is 0.340 e. The standard InChI is InChI=1S/C10H12N2O5S/c1-18(15,16)12-8-5-3-2-4-7(8)10(14)17-6-9(11)13/h2-5,12H,6H2,1H3,(H2,11,13). The number of anilines is 1. The molecule has 1 aromatic rings. The molecule has 8 heteroatoms. The number of nitrogens with one attached hydrogen (secondary N) is 1. The van der Waals surface area contributed by atoms with E-state index in [4.69, 9.17) is 5.73 Å². The zero-order chi connectivity index (χ0) is 13.8. The topological polar surface area (TPSA) is 116 Å². The van der Waals surface area contributed by atoms with Gasteiger partial charge in [-0.1, -0.05) is 12.1 Å². The summed E-state index contributed by atoms with van der Waals surface area (Å²) >= 11 is 0. The molecule has 1 rings (SSSR count). The predicted molar refractivity (Wildman–Crippen MR) is 64.4 cm³/mol. The van der Waals surface area contributed by atoms with Crippen molar-refractivity contribution < 1.29 is 22.7 Å². The first kappa shape index (κ1) is 14.0. The summed E-state index contributed by atoms with van der Waals surface area (Å²) in [4.78, 5) is 22.1. The number of rotatable bonds is 5. The van der Waals surface area contributed by atoms with Crippen LogP contribution in [0.25, 0.3) is 0 Å². The van der Waals surface area contributed by atoms with Crippen molar-refractivity contribution in [2.24, 2.45) is 5.73 Å². The van der Waals surface area contributed by atoms with E-state index in [1.165, 1.54) is 18.2 Å². The number of carbonyl (C=O) groups excluding carboxylic acids is 2. The largest absolute Gasteiger partial charge is 0.452 e. The SMILES string of the molecule is CS(=O)(=O)Nc1ccccc1C(=O)OCC(N)=O. The van der Waals surface area contributed by atoms with Crippen molar-refractivity contribution in [2.45, 2.75) is 0 Å². The molecule has 1 amide bonds. The molecule has 0 heterocycles. The van der Waals surface area contributed by atoms with Crippen LogP contribution in [0.15, 0.2) is 24.3 Å². The minimum atomic E-state index is -3.51. The second-order valence-corrected chi connectivity index (χ2v) is 5.21. The molecule has 1 aromatic carbocycles. The van der Waals surface area contributed by atoms with Crippen LogP contribution in [0.3, 0.4) is 0 Å². The molecule has 7 nitrogen and oxygen atoms in total.